The van der Waals surface area contributed by atoms with Crippen LogP contribution in [0.4, 0.5) is 0 Å². The zero-order valence-corrected chi connectivity index (χ0v) is 12.4. The first-order valence-electron chi connectivity index (χ1n) is 6.65. The Labute approximate surface area is 123 Å². The van der Waals surface area contributed by atoms with Crippen LogP contribution in [0.3, 0.4) is 0 Å². The van der Waals surface area contributed by atoms with Crippen LogP contribution in [0.25, 0.3) is 11.3 Å². The van der Waals surface area contributed by atoms with Crippen molar-refractivity contribution >= 4 is 5.91 Å². The summed E-state index contributed by atoms with van der Waals surface area (Å²) in [6.07, 6.45) is 1.51. The summed E-state index contributed by atoms with van der Waals surface area (Å²) in [5.74, 6) is 0.558. The number of carbonyl (C=O) groups is 1. The Morgan fingerprint density at radius 2 is 2.05 bits per heavy atom. The normalized spacial score (nSPS) is 11.2. The molecule has 0 spiro atoms. The molecule has 1 aromatic heterocycles. The molecule has 0 atom stereocenters. The lowest BCUT2D eigenvalue weighted by Crippen LogP contribution is -2.45. The summed E-state index contributed by atoms with van der Waals surface area (Å²) >= 11 is 0. The van der Waals surface area contributed by atoms with E-state index >= 15 is 0 Å². The molecule has 0 bridgehead atoms. The van der Waals surface area contributed by atoms with Crippen LogP contribution in [0.2, 0.25) is 0 Å². The average molecular weight is 288 g/mol. The van der Waals surface area contributed by atoms with Crippen molar-refractivity contribution in [2.75, 3.05) is 13.7 Å². The Kier molecular flexibility index (Phi) is 4.28. The van der Waals surface area contributed by atoms with E-state index in [0.29, 0.717) is 17.8 Å². The van der Waals surface area contributed by atoms with E-state index in [2.05, 4.69) is 15.5 Å². The predicted octanol–water partition coefficient (Wildman–Crippen LogP) is 1.55. The number of nitrogens with one attached hydrogen (secondary N) is 2. The number of amides is 1. The molecule has 0 aliphatic carbocycles. The largest absolute Gasteiger partial charge is 0.497 e. The molecule has 21 heavy (non-hydrogen) atoms. The van der Waals surface area contributed by atoms with Crippen LogP contribution in [0.1, 0.15) is 24.2 Å². The van der Waals surface area contributed by atoms with Gasteiger partial charge in [-0.3, -0.25) is 9.89 Å². The number of nitrogens with zero attached hydrogens (tertiary/aromatic N) is 1. The number of ether oxygens (including phenoxy) is 1. The maximum Gasteiger partial charge on any atom is 0.255 e. The van der Waals surface area contributed by atoms with Gasteiger partial charge in [-0.05, 0) is 38.1 Å². The highest BCUT2D eigenvalue weighted by molar-refractivity contribution is 5.99. The van der Waals surface area contributed by atoms with Gasteiger partial charge in [0.25, 0.3) is 5.91 Å². The summed E-state index contributed by atoms with van der Waals surface area (Å²) in [6.45, 7) is 4.10. The van der Waals surface area contributed by atoms with E-state index in [1.54, 1.807) is 7.11 Å². The fraction of sp³-hybridized carbons (Fsp3) is 0.333. The second-order valence-electron chi connectivity index (χ2n) is 5.56. The number of methoxy groups -OCH3 is 1. The molecule has 4 N–H and O–H groups in total. The SMILES string of the molecule is COc1ccc(-c2[nH]ncc2C(=O)NCC(C)(C)N)cc1. The van der Waals surface area contributed by atoms with Crippen LogP contribution in [-0.4, -0.2) is 35.3 Å². The van der Waals surface area contributed by atoms with Crippen molar-refractivity contribution in [1.82, 2.24) is 15.5 Å². The topological polar surface area (TPSA) is 93.0 Å². The summed E-state index contributed by atoms with van der Waals surface area (Å²) in [7, 11) is 1.61. The zero-order chi connectivity index (χ0) is 15.5. The molecule has 0 unspecified atom stereocenters. The van der Waals surface area contributed by atoms with Crippen molar-refractivity contribution in [3.63, 3.8) is 0 Å². The first kappa shape index (κ1) is 15.1. The van der Waals surface area contributed by atoms with Crippen molar-refractivity contribution in [2.45, 2.75) is 19.4 Å². The van der Waals surface area contributed by atoms with Crippen molar-refractivity contribution in [2.24, 2.45) is 5.73 Å². The van der Waals surface area contributed by atoms with E-state index in [-0.39, 0.29) is 5.91 Å². The number of carbonyl (C=O) groups excluding carboxylic acids is 1. The van der Waals surface area contributed by atoms with Crippen molar-refractivity contribution < 1.29 is 9.53 Å². The van der Waals surface area contributed by atoms with Gasteiger partial charge >= 0.3 is 0 Å². The minimum absolute atomic E-state index is 0.201. The van der Waals surface area contributed by atoms with Crippen LogP contribution in [0.5, 0.6) is 5.75 Å². The van der Waals surface area contributed by atoms with Crippen molar-refractivity contribution in [3.8, 4) is 17.0 Å². The minimum Gasteiger partial charge on any atom is -0.497 e. The number of H-pyrrole nitrogens is 1. The smallest absolute Gasteiger partial charge is 0.255 e. The summed E-state index contributed by atoms with van der Waals surface area (Å²) in [5.41, 5.74) is 7.44. The lowest BCUT2D eigenvalue weighted by Gasteiger charge is -2.18. The molecule has 1 amide bonds. The standard InChI is InChI=1S/C15H20N4O2/c1-15(2,16)9-17-14(20)12-8-18-19-13(12)10-4-6-11(21-3)7-5-10/h4-8H,9,16H2,1-3H3,(H,17,20)(H,18,19). The molecule has 2 aromatic rings. The minimum atomic E-state index is -0.459. The van der Waals surface area contributed by atoms with Crippen LogP contribution in [0.15, 0.2) is 30.5 Å². The van der Waals surface area contributed by atoms with Gasteiger partial charge in [0.1, 0.15) is 5.75 Å². The molecule has 0 saturated heterocycles. The first-order valence-corrected chi connectivity index (χ1v) is 6.65. The highest BCUT2D eigenvalue weighted by Crippen LogP contribution is 2.23. The highest BCUT2D eigenvalue weighted by Gasteiger charge is 2.18. The lowest BCUT2D eigenvalue weighted by molar-refractivity contribution is 0.0947. The maximum atomic E-state index is 12.2. The Morgan fingerprint density at radius 1 is 1.38 bits per heavy atom. The molecule has 0 saturated carbocycles. The Balaban J connectivity index is 2.19. The van der Waals surface area contributed by atoms with Gasteiger partial charge in [-0.25, -0.2) is 0 Å². The Morgan fingerprint density at radius 3 is 2.62 bits per heavy atom. The number of hydrogen-bond acceptors (Lipinski definition) is 4. The molecular weight excluding hydrogens is 268 g/mol. The first-order chi connectivity index (χ1) is 9.90. The highest BCUT2D eigenvalue weighted by atomic mass is 16.5. The molecule has 2 rings (SSSR count). The predicted molar refractivity (Wildman–Crippen MR) is 81.2 cm³/mol. The van der Waals surface area contributed by atoms with E-state index in [1.165, 1.54) is 6.20 Å². The average Bonchev–Trinajstić information content (AvgIpc) is 2.93. The van der Waals surface area contributed by atoms with Crippen molar-refractivity contribution in [1.29, 1.82) is 0 Å². The van der Waals surface area contributed by atoms with Crippen LogP contribution in [0, 0.1) is 0 Å². The number of nitrogens with two attached hydrogens (primary N) is 1. The molecule has 0 radical (unpaired) electrons. The van der Waals surface area contributed by atoms with E-state index in [1.807, 2.05) is 38.1 Å². The summed E-state index contributed by atoms with van der Waals surface area (Å²) < 4.78 is 5.12. The molecule has 1 heterocycles. The van der Waals surface area contributed by atoms with Gasteiger partial charge in [0.2, 0.25) is 0 Å². The third kappa shape index (κ3) is 3.82. The third-order valence-corrected chi connectivity index (χ3v) is 2.97. The fourth-order valence-corrected chi connectivity index (χ4v) is 1.84. The second kappa shape index (κ2) is 5.97. The van der Waals surface area contributed by atoms with E-state index in [0.717, 1.165) is 11.3 Å². The van der Waals surface area contributed by atoms with E-state index in [9.17, 15) is 4.79 Å². The molecular formula is C15H20N4O2. The summed E-state index contributed by atoms with van der Waals surface area (Å²) in [4.78, 5) is 12.2. The molecule has 112 valence electrons. The Bertz CT molecular complexity index is 611. The van der Waals surface area contributed by atoms with Gasteiger partial charge in [-0.1, -0.05) is 0 Å². The number of aromatic nitrogens is 2. The fourth-order valence-electron chi connectivity index (χ4n) is 1.84. The van der Waals surface area contributed by atoms with Gasteiger partial charge in [0.05, 0.1) is 24.6 Å². The number of rotatable bonds is 5. The quantitative estimate of drug-likeness (QED) is 0.778. The van der Waals surface area contributed by atoms with Crippen LogP contribution in [-0.2, 0) is 0 Å². The van der Waals surface area contributed by atoms with Gasteiger partial charge < -0.3 is 15.8 Å². The monoisotopic (exact) mass is 288 g/mol. The summed E-state index contributed by atoms with van der Waals surface area (Å²) in [5, 5.41) is 9.62. The third-order valence-electron chi connectivity index (χ3n) is 2.97. The van der Waals surface area contributed by atoms with E-state index in [4.69, 9.17) is 10.5 Å². The number of aromatic amines is 1. The second-order valence-corrected chi connectivity index (χ2v) is 5.56. The number of hydrogen-bond donors (Lipinski definition) is 3. The zero-order valence-electron chi connectivity index (χ0n) is 12.4. The summed E-state index contributed by atoms with van der Waals surface area (Å²) in [6, 6.07) is 7.41. The van der Waals surface area contributed by atoms with Gasteiger partial charge in [0, 0.05) is 17.6 Å². The Hall–Kier alpha value is -2.34. The van der Waals surface area contributed by atoms with Gasteiger partial charge in [-0.2, -0.15) is 5.10 Å². The van der Waals surface area contributed by atoms with Crippen molar-refractivity contribution in [3.05, 3.63) is 36.0 Å². The van der Waals surface area contributed by atoms with Crippen LogP contribution < -0.4 is 15.8 Å². The molecule has 0 fully saturated rings. The van der Waals surface area contributed by atoms with Gasteiger partial charge in [-0.15, -0.1) is 0 Å². The molecule has 0 aliphatic heterocycles. The maximum absolute atomic E-state index is 12.2. The van der Waals surface area contributed by atoms with E-state index < -0.39 is 5.54 Å². The molecule has 6 nitrogen and oxygen atoms in total. The molecule has 6 heteroatoms. The van der Waals surface area contributed by atoms with Crippen LogP contribution >= 0.6 is 0 Å². The number of benzene rings is 1. The molecule has 0 aliphatic rings. The van der Waals surface area contributed by atoms with Gasteiger partial charge in [0.15, 0.2) is 0 Å². The lowest BCUT2D eigenvalue weighted by atomic mass is 10.1. The molecule has 1 aromatic carbocycles.